The van der Waals surface area contributed by atoms with Crippen molar-refractivity contribution in [2.24, 2.45) is 0 Å². The Morgan fingerprint density at radius 3 is 2.71 bits per heavy atom. The summed E-state index contributed by atoms with van der Waals surface area (Å²) in [5, 5.41) is 11.0. The second-order valence-corrected chi connectivity index (χ2v) is 6.33. The quantitative estimate of drug-likeness (QED) is 0.883. The fraction of sp³-hybridized carbons (Fsp3) is 0.312. The predicted molar refractivity (Wildman–Crippen MR) is 79.9 cm³/mol. The molecule has 1 N–H and O–H groups in total. The van der Waals surface area contributed by atoms with Crippen LogP contribution in [0.15, 0.2) is 35.7 Å². The Balaban J connectivity index is 1.80. The Morgan fingerprint density at radius 1 is 1.29 bits per heavy atom. The van der Waals surface area contributed by atoms with Crippen molar-refractivity contribution < 1.29 is 14.3 Å². The van der Waals surface area contributed by atoms with Gasteiger partial charge in [0.15, 0.2) is 0 Å². The van der Waals surface area contributed by atoms with Gasteiger partial charge in [0.1, 0.15) is 5.82 Å². The summed E-state index contributed by atoms with van der Waals surface area (Å²) in [6, 6.07) is 9.16. The lowest BCUT2D eigenvalue weighted by Crippen LogP contribution is -2.25. The number of carboxylic acid groups (broad SMARTS) is 1. The van der Waals surface area contributed by atoms with Gasteiger partial charge in [-0.2, -0.15) is 0 Å². The second kappa shape index (κ2) is 5.95. The molecule has 0 aliphatic heterocycles. The van der Waals surface area contributed by atoms with Crippen LogP contribution in [-0.4, -0.2) is 22.0 Å². The molecule has 2 aromatic rings. The van der Waals surface area contributed by atoms with Crippen LogP contribution in [-0.2, 0) is 13.1 Å². The van der Waals surface area contributed by atoms with E-state index in [1.807, 2.05) is 11.4 Å². The van der Waals surface area contributed by atoms with Crippen molar-refractivity contribution in [2.75, 3.05) is 0 Å². The van der Waals surface area contributed by atoms with E-state index in [0.717, 1.165) is 19.4 Å². The van der Waals surface area contributed by atoms with Gasteiger partial charge in [0.2, 0.25) is 0 Å². The van der Waals surface area contributed by atoms with Crippen molar-refractivity contribution in [2.45, 2.75) is 32.0 Å². The first-order chi connectivity index (χ1) is 10.1. The number of nitrogens with zero attached hydrogens (tertiary/aromatic N) is 1. The Kier molecular flexibility index (Phi) is 4.03. The topological polar surface area (TPSA) is 40.5 Å². The highest BCUT2D eigenvalue weighted by molar-refractivity contribution is 7.09. The number of rotatable bonds is 6. The van der Waals surface area contributed by atoms with Gasteiger partial charge in [0, 0.05) is 29.6 Å². The minimum absolute atomic E-state index is 0.251. The lowest BCUT2D eigenvalue weighted by Gasteiger charge is -2.22. The molecule has 0 unspecified atom stereocenters. The molecule has 3 rings (SSSR count). The van der Waals surface area contributed by atoms with Crippen molar-refractivity contribution in [3.05, 3.63) is 57.5 Å². The Labute approximate surface area is 126 Å². The molecule has 0 spiro atoms. The highest BCUT2D eigenvalue weighted by atomic mass is 32.1. The number of halogens is 1. The van der Waals surface area contributed by atoms with Crippen LogP contribution in [0.3, 0.4) is 0 Å². The maximum Gasteiger partial charge on any atom is 0.338 e. The van der Waals surface area contributed by atoms with Gasteiger partial charge >= 0.3 is 5.97 Å². The molecule has 1 fully saturated rings. The number of hydrogen-bond donors (Lipinski definition) is 1. The van der Waals surface area contributed by atoms with Crippen LogP contribution < -0.4 is 0 Å². The maximum atomic E-state index is 14.2. The number of thiophene rings is 1. The first kappa shape index (κ1) is 14.2. The molecule has 1 aliphatic rings. The molecule has 3 nitrogen and oxygen atoms in total. The standard InChI is InChI=1S/C16H16FNO2S/c17-15-11(3-1-5-14(15)16(19)20)9-18(12-6-7-12)10-13-4-2-8-21-13/h1-5,8,12H,6-7,9-10H2,(H,19,20). The summed E-state index contributed by atoms with van der Waals surface area (Å²) in [5.41, 5.74) is 0.206. The molecular weight excluding hydrogens is 289 g/mol. The lowest BCUT2D eigenvalue weighted by atomic mass is 10.1. The molecule has 5 heteroatoms. The van der Waals surface area contributed by atoms with Crippen LogP contribution >= 0.6 is 11.3 Å². The third-order valence-corrected chi connectivity index (χ3v) is 4.55. The van der Waals surface area contributed by atoms with Crippen molar-refractivity contribution in [1.29, 1.82) is 0 Å². The van der Waals surface area contributed by atoms with E-state index in [0.29, 0.717) is 18.2 Å². The zero-order valence-corrected chi connectivity index (χ0v) is 12.3. The number of benzene rings is 1. The van der Waals surface area contributed by atoms with Gasteiger partial charge in [-0.1, -0.05) is 18.2 Å². The first-order valence-corrected chi connectivity index (χ1v) is 7.80. The lowest BCUT2D eigenvalue weighted by molar-refractivity contribution is 0.0691. The molecule has 110 valence electrons. The van der Waals surface area contributed by atoms with E-state index >= 15 is 0 Å². The average Bonchev–Trinajstić information content (AvgIpc) is 3.18. The summed E-state index contributed by atoms with van der Waals surface area (Å²) in [7, 11) is 0. The summed E-state index contributed by atoms with van der Waals surface area (Å²) in [4.78, 5) is 14.5. The minimum Gasteiger partial charge on any atom is -0.478 e. The van der Waals surface area contributed by atoms with E-state index in [2.05, 4.69) is 11.0 Å². The van der Waals surface area contributed by atoms with E-state index in [-0.39, 0.29) is 5.56 Å². The smallest absolute Gasteiger partial charge is 0.338 e. The summed E-state index contributed by atoms with van der Waals surface area (Å²) in [6.45, 7) is 1.24. The monoisotopic (exact) mass is 305 g/mol. The van der Waals surface area contributed by atoms with Gasteiger partial charge in [-0.3, -0.25) is 4.90 Å². The molecule has 0 amide bonds. The van der Waals surface area contributed by atoms with Crippen LogP contribution in [0.25, 0.3) is 0 Å². The van der Waals surface area contributed by atoms with Gasteiger partial charge in [-0.05, 0) is 30.4 Å². The maximum absolute atomic E-state index is 14.2. The highest BCUT2D eigenvalue weighted by Crippen LogP contribution is 2.31. The number of carbonyl (C=O) groups is 1. The second-order valence-electron chi connectivity index (χ2n) is 5.30. The number of aromatic carboxylic acids is 1. The van der Waals surface area contributed by atoms with Crippen LogP contribution in [0.1, 0.15) is 33.6 Å². The van der Waals surface area contributed by atoms with E-state index in [4.69, 9.17) is 5.11 Å². The Morgan fingerprint density at radius 2 is 2.10 bits per heavy atom. The van der Waals surface area contributed by atoms with Gasteiger partial charge in [0.05, 0.1) is 5.56 Å². The fourth-order valence-corrected chi connectivity index (χ4v) is 3.17. The summed E-state index contributed by atoms with van der Waals surface area (Å²) < 4.78 is 14.2. The first-order valence-electron chi connectivity index (χ1n) is 6.92. The molecule has 1 aromatic heterocycles. The van der Waals surface area contributed by atoms with Gasteiger partial charge in [0.25, 0.3) is 0 Å². The molecule has 0 saturated heterocycles. The Bertz CT molecular complexity index is 638. The van der Waals surface area contributed by atoms with E-state index in [1.54, 1.807) is 23.5 Å². The molecule has 0 bridgehead atoms. The number of carboxylic acids is 1. The largest absolute Gasteiger partial charge is 0.478 e. The summed E-state index contributed by atoms with van der Waals surface area (Å²) in [5.74, 6) is -1.83. The van der Waals surface area contributed by atoms with E-state index in [1.165, 1.54) is 10.9 Å². The van der Waals surface area contributed by atoms with Crippen LogP contribution in [0.5, 0.6) is 0 Å². The fourth-order valence-electron chi connectivity index (χ4n) is 2.44. The molecular formula is C16H16FNO2S. The van der Waals surface area contributed by atoms with Crippen LogP contribution in [0.4, 0.5) is 4.39 Å². The van der Waals surface area contributed by atoms with Crippen molar-refractivity contribution in [3.63, 3.8) is 0 Å². The molecule has 0 atom stereocenters. The third-order valence-electron chi connectivity index (χ3n) is 3.68. The zero-order chi connectivity index (χ0) is 14.8. The van der Waals surface area contributed by atoms with Gasteiger partial charge in [-0.15, -0.1) is 11.3 Å². The van der Waals surface area contributed by atoms with Crippen molar-refractivity contribution >= 4 is 17.3 Å². The Hall–Kier alpha value is -1.72. The van der Waals surface area contributed by atoms with Crippen molar-refractivity contribution in [3.8, 4) is 0 Å². The third kappa shape index (κ3) is 3.31. The zero-order valence-electron chi connectivity index (χ0n) is 11.5. The van der Waals surface area contributed by atoms with E-state index in [9.17, 15) is 9.18 Å². The normalized spacial score (nSPS) is 14.6. The summed E-state index contributed by atoms with van der Waals surface area (Å²) in [6.07, 6.45) is 2.26. The molecule has 1 saturated carbocycles. The van der Waals surface area contributed by atoms with Crippen molar-refractivity contribution in [1.82, 2.24) is 4.90 Å². The SMILES string of the molecule is O=C(O)c1cccc(CN(Cc2cccs2)C2CC2)c1F. The number of hydrogen-bond acceptors (Lipinski definition) is 3. The van der Waals surface area contributed by atoms with Gasteiger partial charge < -0.3 is 5.11 Å². The highest BCUT2D eigenvalue weighted by Gasteiger charge is 2.30. The van der Waals surface area contributed by atoms with E-state index < -0.39 is 11.8 Å². The van der Waals surface area contributed by atoms with Crippen LogP contribution in [0.2, 0.25) is 0 Å². The molecule has 0 radical (unpaired) electrons. The molecule has 21 heavy (non-hydrogen) atoms. The molecule has 1 aromatic carbocycles. The predicted octanol–water partition coefficient (Wildman–Crippen LogP) is 3.75. The van der Waals surface area contributed by atoms with Crippen LogP contribution in [0, 0.1) is 5.82 Å². The summed E-state index contributed by atoms with van der Waals surface area (Å²) >= 11 is 1.69. The average molecular weight is 305 g/mol. The minimum atomic E-state index is -1.22. The molecule has 1 aliphatic carbocycles. The molecule has 1 heterocycles. The van der Waals surface area contributed by atoms with Gasteiger partial charge in [-0.25, -0.2) is 9.18 Å².